The standard InChI is InChI=1S/C30H31F2N5O3/c31-24-9-3-2-8-22(24)28(38)33-21-12-13-27(23(20-21)29(39)36-14-6-1-7-15-36)35-16-18-37(19-17-35)30(40)34-26-11-5-4-10-25(26)32/h2-5,8-13,20H,1,6-7,14-19H2,(H,33,38)(H,34,40). The van der Waals surface area contributed by atoms with Gasteiger partial charge in [0.1, 0.15) is 11.6 Å². The van der Waals surface area contributed by atoms with Crippen LogP contribution in [-0.2, 0) is 0 Å². The second kappa shape index (κ2) is 12.1. The Hall–Kier alpha value is -4.47. The van der Waals surface area contributed by atoms with Crippen LogP contribution >= 0.6 is 0 Å². The molecular weight excluding hydrogens is 516 g/mol. The number of benzene rings is 3. The number of piperazine rings is 1. The van der Waals surface area contributed by atoms with Crippen molar-refractivity contribution in [3.63, 3.8) is 0 Å². The smallest absolute Gasteiger partial charge is 0.322 e. The number of nitrogens with zero attached hydrogens (tertiary/aromatic N) is 3. The van der Waals surface area contributed by atoms with Gasteiger partial charge in [0.25, 0.3) is 11.8 Å². The van der Waals surface area contributed by atoms with E-state index in [1.807, 2.05) is 9.80 Å². The molecule has 208 valence electrons. The topological polar surface area (TPSA) is 85.0 Å². The summed E-state index contributed by atoms with van der Waals surface area (Å²) in [5.74, 6) is -1.86. The van der Waals surface area contributed by atoms with Crippen molar-refractivity contribution in [2.75, 3.05) is 54.8 Å². The number of carbonyl (C=O) groups excluding carboxylic acids is 3. The Bertz CT molecular complexity index is 1400. The largest absolute Gasteiger partial charge is 0.367 e. The number of likely N-dealkylation sites (tertiary alicyclic amines) is 1. The van der Waals surface area contributed by atoms with Crippen molar-refractivity contribution in [2.24, 2.45) is 0 Å². The molecule has 3 aromatic carbocycles. The highest BCUT2D eigenvalue weighted by Gasteiger charge is 2.27. The molecule has 0 unspecified atom stereocenters. The monoisotopic (exact) mass is 547 g/mol. The van der Waals surface area contributed by atoms with Gasteiger partial charge in [-0.25, -0.2) is 13.6 Å². The van der Waals surface area contributed by atoms with Crippen molar-refractivity contribution < 1.29 is 23.2 Å². The first-order valence-corrected chi connectivity index (χ1v) is 13.5. The molecule has 2 aliphatic heterocycles. The van der Waals surface area contributed by atoms with E-state index >= 15 is 0 Å². The number of rotatable bonds is 5. The molecule has 0 bridgehead atoms. The highest BCUT2D eigenvalue weighted by Crippen LogP contribution is 2.29. The molecule has 5 rings (SSSR count). The van der Waals surface area contributed by atoms with E-state index < -0.39 is 17.5 Å². The number of anilines is 3. The van der Waals surface area contributed by atoms with Crippen LogP contribution in [0.4, 0.5) is 30.6 Å². The average Bonchev–Trinajstić information content (AvgIpc) is 2.98. The molecule has 8 nitrogen and oxygen atoms in total. The van der Waals surface area contributed by atoms with Crippen molar-refractivity contribution in [3.05, 3.63) is 89.5 Å². The van der Waals surface area contributed by atoms with E-state index in [0.717, 1.165) is 19.3 Å². The first-order chi connectivity index (χ1) is 19.4. The summed E-state index contributed by atoms with van der Waals surface area (Å²) in [6.07, 6.45) is 2.94. The fourth-order valence-electron chi connectivity index (χ4n) is 5.08. The number of urea groups is 1. The van der Waals surface area contributed by atoms with Gasteiger partial charge in [-0.3, -0.25) is 9.59 Å². The molecule has 40 heavy (non-hydrogen) atoms. The molecule has 0 saturated carbocycles. The second-order valence-corrected chi connectivity index (χ2v) is 9.90. The molecule has 0 atom stereocenters. The SMILES string of the molecule is O=C(Nc1ccc(N2CCN(C(=O)Nc3ccccc3F)CC2)c(C(=O)N2CCCCC2)c1)c1ccccc1F. The predicted molar refractivity (Wildman–Crippen MR) is 150 cm³/mol. The number of amides is 4. The number of hydrogen-bond acceptors (Lipinski definition) is 4. The van der Waals surface area contributed by atoms with Gasteiger partial charge >= 0.3 is 6.03 Å². The Labute approximate surface area is 231 Å². The zero-order valence-corrected chi connectivity index (χ0v) is 22.0. The van der Waals surface area contributed by atoms with Crippen LogP contribution in [0.2, 0.25) is 0 Å². The maximum atomic E-state index is 14.2. The predicted octanol–water partition coefficient (Wildman–Crippen LogP) is 5.20. The minimum Gasteiger partial charge on any atom is -0.367 e. The minimum atomic E-state index is -0.627. The van der Waals surface area contributed by atoms with Gasteiger partial charge in [-0.05, 0) is 61.7 Å². The van der Waals surface area contributed by atoms with E-state index in [2.05, 4.69) is 10.6 Å². The summed E-state index contributed by atoms with van der Waals surface area (Å²) in [4.78, 5) is 44.6. The first kappa shape index (κ1) is 27.1. The number of carbonyl (C=O) groups is 3. The van der Waals surface area contributed by atoms with Crippen LogP contribution in [0.15, 0.2) is 66.7 Å². The van der Waals surface area contributed by atoms with Crippen molar-refractivity contribution in [1.82, 2.24) is 9.80 Å². The van der Waals surface area contributed by atoms with Crippen molar-refractivity contribution >= 4 is 34.9 Å². The van der Waals surface area contributed by atoms with Gasteiger partial charge in [-0.1, -0.05) is 24.3 Å². The van der Waals surface area contributed by atoms with Crippen molar-refractivity contribution in [1.29, 1.82) is 0 Å². The molecule has 10 heteroatoms. The molecule has 2 heterocycles. The van der Waals surface area contributed by atoms with Gasteiger partial charge in [0.15, 0.2) is 0 Å². The lowest BCUT2D eigenvalue weighted by molar-refractivity contribution is 0.0724. The third-order valence-corrected chi connectivity index (χ3v) is 7.27. The summed E-state index contributed by atoms with van der Waals surface area (Å²) in [6.45, 7) is 3.01. The minimum absolute atomic E-state index is 0.0831. The van der Waals surface area contributed by atoms with Crippen LogP contribution in [0.5, 0.6) is 0 Å². The molecule has 4 amide bonds. The quantitative estimate of drug-likeness (QED) is 0.460. The lowest BCUT2D eigenvalue weighted by Gasteiger charge is -2.37. The van der Waals surface area contributed by atoms with Crippen LogP contribution in [0, 0.1) is 11.6 Å². The van der Waals surface area contributed by atoms with E-state index in [9.17, 15) is 23.2 Å². The molecular formula is C30H31F2N5O3. The van der Waals surface area contributed by atoms with E-state index in [1.54, 1.807) is 41.3 Å². The lowest BCUT2D eigenvalue weighted by atomic mass is 10.1. The van der Waals surface area contributed by atoms with Crippen LogP contribution in [0.1, 0.15) is 40.0 Å². The maximum Gasteiger partial charge on any atom is 0.322 e. The lowest BCUT2D eigenvalue weighted by Crippen LogP contribution is -2.50. The molecule has 0 radical (unpaired) electrons. The van der Waals surface area contributed by atoms with Gasteiger partial charge < -0.3 is 25.3 Å². The Balaban J connectivity index is 1.33. The van der Waals surface area contributed by atoms with Crippen LogP contribution in [0.3, 0.4) is 0 Å². The number of nitrogens with one attached hydrogen (secondary N) is 2. The Morgan fingerprint density at radius 3 is 2.02 bits per heavy atom. The Morgan fingerprint density at radius 2 is 1.32 bits per heavy atom. The second-order valence-electron chi connectivity index (χ2n) is 9.90. The van der Waals surface area contributed by atoms with Gasteiger partial charge in [-0.2, -0.15) is 0 Å². The summed E-state index contributed by atoms with van der Waals surface area (Å²) >= 11 is 0. The Morgan fingerprint density at radius 1 is 0.650 bits per heavy atom. The van der Waals surface area contributed by atoms with Gasteiger partial charge in [0.05, 0.1) is 16.8 Å². The summed E-state index contributed by atoms with van der Waals surface area (Å²) in [7, 11) is 0. The van der Waals surface area contributed by atoms with E-state index in [-0.39, 0.29) is 23.2 Å². The van der Waals surface area contributed by atoms with Crippen molar-refractivity contribution in [2.45, 2.75) is 19.3 Å². The summed E-state index contributed by atoms with van der Waals surface area (Å²) in [6, 6.07) is 16.5. The van der Waals surface area contributed by atoms with E-state index in [1.165, 1.54) is 30.3 Å². The number of halogens is 2. The Kier molecular flexibility index (Phi) is 8.23. The molecule has 0 aromatic heterocycles. The van der Waals surface area contributed by atoms with Crippen LogP contribution in [0.25, 0.3) is 0 Å². The van der Waals surface area contributed by atoms with E-state index in [4.69, 9.17) is 0 Å². The number of para-hydroxylation sites is 1. The highest BCUT2D eigenvalue weighted by molar-refractivity contribution is 6.06. The third kappa shape index (κ3) is 6.06. The van der Waals surface area contributed by atoms with Gasteiger partial charge in [0.2, 0.25) is 0 Å². The molecule has 2 fully saturated rings. The van der Waals surface area contributed by atoms with Crippen LogP contribution < -0.4 is 15.5 Å². The molecule has 2 saturated heterocycles. The normalized spacial score (nSPS) is 15.5. The first-order valence-electron chi connectivity index (χ1n) is 13.5. The average molecular weight is 548 g/mol. The fraction of sp³-hybridized carbons (Fsp3) is 0.300. The summed E-state index contributed by atoms with van der Waals surface area (Å²) in [5.41, 5.74) is 1.57. The summed E-state index contributed by atoms with van der Waals surface area (Å²) in [5, 5.41) is 5.33. The van der Waals surface area contributed by atoms with Crippen molar-refractivity contribution in [3.8, 4) is 0 Å². The molecule has 2 aliphatic rings. The van der Waals surface area contributed by atoms with Gasteiger partial charge in [-0.15, -0.1) is 0 Å². The maximum absolute atomic E-state index is 14.2. The van der Waals surface area contributed by atoms with E-state index in [0.29, 0.717) is 56.2 Å². The van der Waals surface area contributed by atoms with Crippen LogP contribution in [-0.4, -0.2) is 66.9 Å². The number of piperidine rings is 1. The zero-order valence-electron chi connectivity index (χ0n) is 22.0. The highest BCUT2D eigenvalue weighted by atomic mass is 19.1. The summed E-state index contributed by atoms with van der Waals surface area (Å²) < 4.78 is 28.1. The van der Waals surface area contributed by atoms with Gasteiger partial charge in [0, 0.05) is 50.6 Å². The molecule has 0 aliphatic carbocycles. The molecule has 3 aromatic rings. The fourth-order valence-corrected chi connectivity index (χ4v) is 5.08. The molecule has 2 N–H and O–H groups in total. The molecule has 0 spiro atoms. The number of hydrogen-bond donors (Lipinski definition) is 2. The zero-order chi connectivity index (χ0) is 28.1. The third-order valence-electron chi connectivity index (χ3n) is 7.27.